The van der Waals surface area contributed by atoms with Gasteiger partial charge in [0.1, 0.15) is 0 Å². The highest BCUT2D eigenvalue weighted by Crippen LogP contribution is 2.28. The van der Waals surface area contributed by atoms with Crippen molar-refractivity contribution in [1.82, 2.24) is 0 Å². The summed E-state index contributed by atoms with van der Waals surface area (Å²) in [4.78, 5) is 0. The highest BCUT2D eigenvalue weighted by molar-refractivity contribution is 6.08. The van der Waals surface area contributed by atoms with Crippen molar-refractivity contribution in [2.75, 3.05) is 0 Å². The van der Waals surface area contributed by atoms with Gasteiger partial charge in [-0.2, -0.15) is 0 Å². The van der Waals surface area contributed by atoms with Crippen molar-refractivity contribution in [3.63, 3.8) is 0 Å². The Morgan fingerprint density at radius 1 is 0.400 bits per heavy atom. The normalized spacial score (nSPS) is 11.8. The Morgan fingerprint density at radius 2 is 0.775 bits per heavy atom. The van der Waals surface area contributed by atoms with Crippen LogP contribution < -0.4 is 0 Å². The second kappa shape index (κ2) is 13.9. The molecular weight excluding hydrogens is 480 g/mol. The van der Waals surface area contributed by atoms with E-state index in [4.69, 9.17) is 0 Å². The van der Waals surface area contributed by atoms with Gasteiger partial charge in [-0.3, -0.25) is 0 Å². The number of benzene rings is 5. The third-order valence-electron chi connectivity index (χ3n) is 7.92. The lowest BCUT2D eigenvalue weighted by Crippen LogP contribution is -1.85. The first-order chi connectivity index (χ1) is 19.7. The van der Waals surface area contributed by atoms with Crippen LogP contribution in [0.4, 0.5) is 0 Å². The fourth-order valence-electron chi connectivity index (χ4n) is 5.45. The number of hydrogen-bond donors (Lipinski definition) is 0. The monoisotopic (exact) mass is 522 g/mol. The maximum Gasteiger partial charge on any atom is -0.0105 e. The molecule has 0 aromatic heterocycles. The maximum absolute atomic E-state index is 2.30. The molecule has 5 aromatic carbocycles. The highest BCUT2D eigenvalue weighted by atomic mass is 14.1. The number of fused-ring (bicyclic) bond motifs is 3. The van der Waals surface area contributed by atoms with Gasteiger partial charge in [0.25, 0.3) is 0 Å². The van der Waals surface area contributed by atoms with Crippen molar-refractivity contribution >= 4 is 45.8 Å². The van der Waals surface area contributed by atoms with Crippen LogP contribution >= 0.6 is 0 Å². The van der Waals surface area contributed by atoms with Crippen LogP contribution in [0.15, 0.2) is 97.1 Å². The van der Waals surface area contributed by atoms with E-state index < -0.39 is 0 Å². The minimum Gasteiger partial charge on any atom is -0.0654 e. The fourth-order valence-corrected chi connectivity index (χ4v) is 5.45. The number of rotatable bonds is 12. The molecule has 0 amide bonds. The van der Waals surface area contributed by atoms with E-state index in [0.29, 0.717) is 0 Å². The summed E-state index contributed by atoms with van der Waals surface area (Å²) in [5.41, 5.74) is 7.84. The summed E-state index contributed by atoms with van der Waals surface area (Å²) >= 11 is 0. The molecule has 0 atom stereocenters. The van der Waals surface area contributed by atoms with E-state index in [1.165, 1.54) is 106 Å². The molecule has 0 saturated heterocycles. The summed E-state index contributed by atoms with van der Waals surface area (Å²) in [6.45, 7) is 4.52. The first-order valence-corrected chi connectivity index (χ1v) is 15.2. The van der Waals surface area contributed by atoms with Gasteiger partial charge in [-0.1, -0.05) is 149 Å². The molecule has 0 fully saturated rings. The Hall–Kier alpha value is -3.90. The minimum atomic E-state index is 1.18. The SMILES string of the molecule is CCCCCc1ccc(C=Cc2ccc3c(ccc4cc(C=Cc5ccc(CCCCC)cc5)ccc43)c2)cc1. The van der Waals surface area contributed by atoms with E-state index in [2.05, 4.69) is 135 Å². The van der Waals surface area contributed by atoms with Crippen LogP contribution in [-0.2, 0) is 12.8 Å². The van der Waals surface area contributed by atoms with Crippen LogP contribution in [0, 0.1) is 0 Å². The molecule has 0 unspecified atom stereocenters. The standard InChI is InChI=1S/C40H42/c1-3-5-7-9-31-11-15-33(16-12-31)19-21-35-23-27-39-37(29-35)25-26-38-30-36(24-28-40(38)39)22-20-34-17-13-32(14-18-34)10-8-6-4-2/h11-30H,3-10H2,1-2H3. The van der Waals surface area contributed by atoms with Crippen LogP contribution in [0.2, 0.25) is 0 Å². The predicted octanol–water partition coefficient (Wildman–Crippen LogP) is 11.8. The van der Waals surface area contributed by atoms with Crippen LogP contribution in [0.1, 0.15) is 85.8 Å². The maximum atomic E-state index is 2.30. The van der Waals surface area contributed by atoms with E-state index in [1.54, 1.807) is 0 Å². The molecule has 0 aliphatic carbocycles. The average Bonchev–Trinajstić information content (AvgIpc) is 3.00. The molecule has 0 heteroatoms. The summed E-state index contributed by atoms with van der Waals surface area (Å²) in [5.74, 6) is 0. The molecule has 0 heterocycles. The molecule has 0 N–H and O–H groups in total. The molecule has 0 nitrogen and oxygen atoms in total. The molecule has 40 heavy (non-hydrogen) atoms. The Kier molecular flexibility index (Phi) is 9.64. The second-order valence-electron chi connectivity index (χ2n) is 11.1. The van der Waals surface area contributed by atoms with E-state index in [0.717, 1.165) is 0 Å². The van der Waals surface area contributed by atoms with Crippen molar-refractivity contribution in [2.45, 2.75) is 65.2 Å². The van der Waals surface area contributed by atoms with Gasteiger partial charge < -0.3 is 0 Å². The molecule has 5 aromatic rings. The summed E-state index contributed by atoms with van der Waals surface area (Å²) in [7, 11) is 0. The minimum absolute atomic E-state index is 1.18. The topological polar surface area (TPSA) is 0 Å². The van der Waals surface area contributed by atoms with Crippen molar-refractivity contribution < 1.29 is 0 Å². The second-order valence-corrected chi connectivity index (χ2v) is 11.1. The van der Waals surface area contributed by atoms with Crippen LogP contribution in [0.3, 0.4) is 0 Å². The van der Waals surface area contributed by atoms with E-state index in [-0.39, 0.29) is 0 Å². The van der Waals surface area contributed by atoms with E-state index in [9.17, 15) is 0 Å². The molecule has 0 spiro atoms. The first-order valence-electron chi connectivity index (χ1n) is 15.2. The third-order valence-corrected chi connectivity index (χ3v) is 7.92. The van der Waals surface area contributed by atoms with Gasteiger partial charge in [-0.05, 0) is 92.7 Å². The van der Waals surface area contributed by atoms with E-state index in [1.807, 2.05) is 0 Å². The lowest BCUT2D eigenvalue weighted by atomic mass is 9.98. The van der Waals surface area contributed by atoms with Gasteiger partial charge in [-0.15, -0.1) is 0 Å². The van der Waals surface area contributed by atoms with Gasteiger partial charge in [0.2, 0.25) is 0 Å². The molecule has 0 bridgehead atoms. The van der Waals surface area contributed by atoms with Crippen molar-refractivity contribution in [3.05, 3.63) is 130 Å². The Morgan fingerprint density at radius 3 is 1.18 bits per heavy atom. The number of unbranched alkanes of at least 4 members (excludes halogenated alkanes) is 4. The Balaban J connectivity index is 1.26. The largest absolute Gasteiger partial charge is 0.0654 e. The van der Waals surface area contributed by atoms with Crippen molar-refractivity contribution in [3.8, 4) is 0 Å². The molecule has 0 aliphatic rings. The smallest absolute Gasteiger partial charge is 0.0105 e. The zero-order valence-corrected chi connectivity index (χ0v) is 24.2. The van der Waals surface area contributed by atoms with Gasteiger partial charge in [0, 0.05) is 0 Å². The zero-order valence-electron chi connectivity index (χ0n) is 24.2. The Bertz CT molecular complexity index is 1460. The summed E-state index contributed by atoms with van der Waals surface area (Å²) in [6.07, 6.45) is 19.0. The van der Waals surface area contributed by atoms with Crippen molar-refractivity contribution in [1.29, 1.82) is 0 Å². The third kappa shape index (κ3) is 7.39. The molecule has 202 valence electrons. The van der Waals surface area contributed by atoms with Gasteiger partial charge >= 0.3 is 0 Å². The average molecular weight is 523 g/mol. The molecule has 0 saturated carbocycles. The molecule has 0 radical (unpaired) electrons. The zero-order chi connectivity index (χ0) is 27.6. The molecular formula is C40H42. The van der Waals surface area contributed by atoms with Gasteiger partial charge in [0.15, 0.2) is 0 Å². The van der Waals surface area contributed by atoms with Gasteiger partial charge in [-0.25, -0.2) is 0 Å². The molecule has 5 rings (SSSR count). The fraction of sp³-hybridized carbons (Fsp3) is 0.250. The summed E-state index contributed by atoms with van der Waals surface area (Å²) in [5, 5.41) is 5.17. The van der Waals surface area contributed by atoms with Crippen LogP contribution in [0.5, 0.6) is 0 Å². The first kappa shape index (κ1) is 27.7. The molecule has 0 aliphatic heterocycles. The Labute approximate surface area is 241 Å². The quantitative estimate of drug-likeness (QED) is 0.0868. The lowest BCUT2D eigenvalue weighted by molar-refractivity contribution is 0.717. The predicted molar refractivity (Wildman–Crippen MR) is 179 cm³/mol. The van der Waals surface area contributed by atoms with Crippen LogP contribution in [-0.4, -0.2) is 0 Å². The number of hydrogen-bond acceptors (Lipinski definition) is 0. The van der Waals surface area contributed by atoms with Crippen LogP contribution in [0.25, 0.3) is 45.8 Å². The summed E-state index contributed by atoms with van der Waals surface area (Å²) in [6, 6.07) is 36.2. The van der Waals surface area contributed by atoms with Gasteiger partial charge in [0.05, 0.1) is 0 Å². The van der Waals surface area contributed by atoms with E-state index >= 15 is 0 Å². The summed E-state index contributed by atoms with van der Waals surface area (Å²) < 4.78 is 0. The lowest BCUT2D eigenvalue weighted by Gasteiger charge is -2.07. The highest BCUT2D eigenvalue weighted by Gasteiger charge is 2.03. The van der Waals surface area contributed by atoms with Crippen molar-refractivity contribution in [2.24, 2.45) is 0 Å². The number of aryl methyl sites for hydroxylation is 2.